The van der Waals surface area contributed by atoms with E-state index in [0.717, 1.165) is 19.3 Å². The summed E-state index contributed by atoms with van der Waals surface area (Å²) in [6, 6.07) is 2.23. The Kier molecular flexibility index (Phi) is 21.6. The number of carbonyl (C=O) groups is 5. The molecule has 0 saturated carbocycles. The summed E-state index contributed by atoms with van der Waals surface area (Å²) < 4.78 is 0. The standard InChI is InChI=1S/C36H59N3O8/c1-4-5-6-7-8-9-10-11-12-13-14-15-16-17-32(41)37-30(24-26(2)3)35(45)38-29(22-23-33(42)43)34(44)39-31(36(46)47)25-27-18-20-28(40)21-19-27/h18-21,26,29-31,40H,4-17,22-25H2,1-3H3,(H,37,41)(H,38,45)(H,39,44)(H,42,43)(H,46,47)/t29-,30-,31-/m0/s1. The van der Waals surface area contributed by atoms with Gasteiger partial charge in [-0.1, -0.05) is 110 Å². The van der Waals surface area contributed by atoms with Crippen molar-refractivity contribution in [2.45, 2.75) is 154 Å². The molecule has 0 unspecified atom stereocenters. The molecule has 0 spiro atoms. The Morgan fingerprint density at radius 3 is 1.62 bits per heavy atom. The molecule has 0 saturated heterocycles. The molecule has 11 heteroatoms. The molecule has 3 amide bonds. The summed E-state index contributed by atoms with van der Waals surface area (Å²) in [7, 11) is 0. The zero-order chi connectivity index (χ0) is 35.0. The average Bonchev–Trinajstić information content (AvgIpc) is 3.01. The van der Waals surface area contributed by atoms with Crippen molar-refractivity contribution in [1.82, 2.24) is 16.0 Å². The van der Waals surface area contributed by atoms with Crippen LogP contribution in [-0.2, 0) is 30.4 Å². The molecule has 0 radical (unpaired) electrons. The van der Waals surface area contributed by atoms with E-state index in [-0.39, 0.29) is 36.8 Å². The van der Waals surface area contributed by atoms with Crippen molar-refractivity contribution in [3.63, 3.8) is 0 Å². The van der Waals surface area contributed by atoms with Crippen LogP contribution in [0, 0.1) is 5.92 Å². The van der Waals surface area contributed by atoms with Gasteiger partial charge in [-0.3, -0.25) is 19.2 Å². The summed E-state index contributed by atoms with van der Waals surface area (Å²) in [6.07, 6.45) is 15.3. The van der Waals surface area contributed by atoms with Crippen molar-refractivity contribution in [2.75, 3.05) is 0 Å². The lowest BCUT2D eigenvalue weighted by molar-refractivity contribution is -0.143. The molecule has 0 fully saturated rings. The van der Waals surface area contributed by atoms with Gasteiger partial charge in [0.25, 0.3) is 0 Å². The first-order valence-corrected chi connectivity index (χ1v) is 17.6. The molecular formula is C36H59N3O8. The third-order valence-electron chi connectivity index (χ3n) is 8.14. The van der Waals surface area contributed by atoms with Crippen molar-refractivity contribution in [2.24, 2.45) is 5.92 Å². The van der Waals surface area contributed by atoms with E-state index in [1.807, 2.05) is 13.8 Å². The maximum Gasteiger partial charge on any atom is 0.326 e. The van der Waals surface area contributed by atoms with Crippen LogP contribution in [0.25, 0.3) is 0 Å². The van der Waals surface area contributed by atoms with Crippen LogP contribution in [0.2, 0.25) is 0 Å². The maximum absolute atomic E-state index is 13.3. The molecule has 6 N–H and O–H groups in total. The number of benzene rings is 1. The quantitative estimate of drug-likeness (QED) is 0.0633. The van der Waals surface area contributed by atoms with E-state index in [4.69, 9.17) is 0 Å². The molecule has 11 nitrogen and oxygen atoms in total. The van der Waals surface area contributed by atoms with Gasteiger partial charge in [0.1, 0.15) is 23.9 Å². The highest BCUT2D eigenvalue weighted by atomic mass is 16.4. The molecule has 0 heterocycles. The highest BCUT2D eigenvalue weighted by Crippen LogP contribution is 2.15. The van der Waals surface area contributed by atoms with Crippen molar-refractivity contribution in [1.29, 1.82) is 0 Å². The van der Waals surface area contributed by atoms with Gasteiger partial charge in [-0.05, 0) is 42.9 Å². The number of carbonyl (C=O) groups excluding carboxylic acids is 3. The number of hydrogen-bond acceptors (Lipinski definition) is 6. The monoisotopic (exact) mass is 661 g/mol. The van der Waals surface area contributed by atoms with E-state index in [9.17, 15) is 39.3 Å². The van der Waals surface area contributed by atoms with Crippen LogP contribution in [-0.4, -0.2) is 63.1 Å². The Balaban J connectivity index is 2.63. The SMILES string of the molecule is CCCCCCCCCCCCCCCC(=O)N[C@@H](CC(C)C)C(=O)N[C@@H](CCC(=O)O)C(=O)N[C@@H](Cc1ccc(O)cc1)C(=O)O. The fourth-order valence-corrected chi connectivity index (χ4v) is 5.42. The Labute approximate surface area is 280 Å². The molecular weight excluding hydrogens is 602 g/mol. The highest BCUT2D eigenvalue weighted by Gasteiger charge is 2.30. The first-order chi connectivity index (χ1) is 22.4. The second-order valence-electron chi connectivity index (χ2n) is 13.0. The molecule has 266 valence electrons. The topological polar surface area (TPSA) is 182 Å². The first-order valence-electron chi connectivity index (χ1n) is 17.6. The Morgan fingerprint density at radius 2 is 1.13 bits per heavy atom. The second-order valence-corrected chi connectivity index (χ2v) is 13.0. The third kappa shape index (κ3) is 20.3. The predicted octanol–water partition coefficient (Wildman–Crippen LogP) is 5.87. The van der Waals surface area contributed by atoms with Crippen LogP contribution in [0.4, 0.5) is 0 Å². The minimum Gasteiger partial charge on any atom is -0.508 e. The van der Waals surface area contributed by atoms with E-state index in [2.05, 4.69) is 22.9 Å². The van der Waals surface area contributed by atoms with E-state index < -0.39 is 48.3 Å². The van der Waals surface area contributed by atoms with Crippen molar-refractivity contribution < 1.29 is 39.3 Å². The van der Waals surface area contributed by atoms with E-state index in [1.54, 1.807) is 0 Å². The fourth-order valence-electron chi connectivity index (χ4n) is 5.42. The van der Waals surface area contributed by atoms with Crippen LogP contribution in [0.1, 0.15) is 135 Å². The lowest BCUT2D eigenvalue weighted by atomic mass is 10.0. The first kappa shape index (κ1) is 41.4. The lowest BCUT2D eigenvalue weighted by Crippen LogP contribution is -2.56. The average molecular weight is 662 g/mol. The van der Waals surface area contributed by atoms with E-state index in [0.29, 0.717) is 18.4 Å². The minimum absolute atomic E-state index is 0.00787. The number of phenolic OH excluding ortho intramolecular Hbond substituents is 1. The number of phenols is 1. The number of aliphatic carboxylic acids is 2. The molecule has 0 aromatic heterocycles. The minimum atomic E-state index is -1.36. The van der Waals surface area contributed by atoms with Crippen molar-refractivity contribution in [3.8, 4) is 5.75 Å². The van der Waals surface area contributed by atoms with Crippen molar-refractivity contribution in [3.05, 3.63) is 29.8 Å². The molecule has 3 atom stereocenters. The fraction of sp³-hybridized carbons (Fsp3) is 0.694. The molecule has 1 rings (SSSR count). The van der Waals surface area contributed by atoms with Gasteiger partial charge in [0.15, 0.2) is 0 Å². The molecule has 47 heavy (non-hydrogen) atoms. The van der Waals surface area contributed by atoms with Gasteiger partial charge in [0, 0.05) is 19.3 Å². The Morgan fingerprint density at radius 1 is 0.638 bits per heavy atom. The van der Waals surface area contributed by atoms with Gasteiger partial charge >= 0.3 is 11.9 Å². The summed E-state index contributed by atoms with van der Waals surface area (Å²) in [5.74, 6) is -4.18. The van der Waals surface area contributed by atoms with Crippen LogP contribution in [0.5, 0.6) is 5.75 Å². The van der Waals surface area contributed by atoms with Crippen LogP contribution in [0.3, 0.4) is 0 Å². The van der Waals surface area contributed by atoms with E-state index >= 15 is 0 Å². The molecule has 0 aliphatic heterocycles. The number of nitrogens with one attached hydrogen (secondary N) is 3. The maximum atomic E-state index is 13.3. The second kappa shape index (κ2) is 24.5. The molecule has 1 aromatic carbocycles. The molecule has 0 aliphatic rings. The summed E-state index contributed by atoms with van der Waals surface area (Å²) in [6.45, 7) is 6.02. The predicted molar refractivity (Wildman–Crippen MR) is 182 cm³/mol. The van der Waals surface area contributed by atoms with Crippen molar-refractivity contribution >= 4 is 29.7 Å². The number of carboxylic acids is 2. The zero-order valence-electron chi connectivity index (χ0n) is 28.7. The smallest absolute Gasteiger partial charge is 0.326 e. The summed E-state index contributed by atoms with van der Waals surface area (Å²) in [4.78, 5) is 62.4. The number of carboxylic acid groups (broad SMARTS) is 2. The van der Waals surface area contributed by atoms with Gasteiger partial charge in [-0.25, -0.2) is 4.79 Å². The number of aromatic hydroxyl groups is 1. The van der Waals surface area contributed by atoms with Crippen LogP contribution in [0.15, 0.2) is 24.3 Å². The number of rotatable bonds is 27. The Hall–Kier alpha value is -3.63. The van der Waals surface area contributed by atoms with Crippen LogP contribution < -0.4 is 16.0 Å². The summed E-state index contributed by atoms with van der Waals surface area (Å²) >= 11 is 0. The molecule has 0 bridgehead atoms. The van der Waals surface area contributed by atoms with Crippen LogP contribution >= 0.6 is 0 Å². The van der Waals surface area contributed by atoms with Gasteiger partial charge in [0.05, 0.1) is 0 Å². The normalized spacial score (nSPS) is 13.0. The summed E-state index contributed by atoms with van der Waals surface area (Å²) in [5.41, 5.74) is 0.546. The van der Waals surface area contributed by atoms with Gasteiger partial charge in [0.2, 0.25) is 17.7 Å². The number of amides is 3. The van der Waals surface area contributed by atoms with Gasteiger partial charge in [-0.2, -0.15) is 0 Å². The molecule has 0 aliphatic carbocycles. The molecule has 1 aromatic rings. The van der Waals surface area contributed by atoms with Gasteiger partial charge < -0.3 is 31.3 Å². The zero-order valence-corrected chi connectivity index (χ0v) is 28.7. The van der Waals surface area contributed by atoms with E-state index in [1.165, 1.54) is 82.1 Å². The largest absolute Gasteiger partial charge is 0.508 e. The third-order valence-corrected chi connectivity index (χ3v) is 8.14. The number of hydrogen-bond donors (Lipinski definition) is 6. The lowest BCUT2D eigenvalue weighted by Gasteiger charge is -2.25. The van der Waals surface area contributed by atoms with Gasteiger partial charge in [-0.15, -0.1) is 0 Å². The Bertz CT molecular complexity index is 1080. The highest BCUT2D eigenvalue weighted by molar-refractivity contribution is 5.93. The summed E-state index contributed by atoms with van der Waals surface area (Å²) in [5, 5.41) is 36.2. The number of unbranched alkanes of at least 4 members (excludes halogenated alkanes) is 12.